The van der Waals surface area contributed by atoms with Gasteiger partial charge in [-0.3, -0.25) is 4.79 Å². The molecule has 0 radical (unpaired) electrons. The summed E-state index contributed by atoms with van der Waals surface area (Å²) >= 11 is 0. The lowest BCUT2D eigenvalue weighted by atomic mass is 10.00. The monoisotopic (exact) mass is 423 g/mol. The Balaban J connectivity index is 1.53. The third-order valence-electron chi connectivity index (χ3n) is 6.22. The fourth-order valence-corrected chi connectivity index (χ4v) is 4.50. The van der Waals surface area contributed by atoms with Crippen molar-refractivity contribution < 1.29 is 9.53 Å². The molecule has 2 aromatic rings. The predicted molar refractivity (Wildman–Crippen MR) is 121 cm³/mol. The molecule has 1 aromatic heterocycles. The summed E-state index contributed by atoms with van der Waals surface area (Å²) in [7, 11) is 2.12. The average Bonchev–Trinajstić information content (AvgIpc) is 2.77. The Morgan fingerprint density at radius 1 is 1.23 bits per heavy atom. The number of aryl methyl sites for hydroxylation is 1. The summed E-state index contributed by atoms with van der Waals surface area (Å²) in [5.74, 6) is 2.68. The quantitative estimate of drug-likeness (QED) is 0.719. The van der Waals surface area contributed by atoms with Crippen LogP contribution in [0.1, 0.15) is 54.9 Å². The second kappa shape index (κ2) is 9.64. The first-order valence-electron chi connectivity index (χ1n) is 11.3. The highest BCUT2D eigenvalue weighted by Gasteiger charge is 2.30. The van der Waals surface area contributed by atoms with Crippen molar-refractivity contribution in [1.82, 2.24) is 19.8 Å². The Labute approximate surface area is 184 Å². The first-order valence-corrected chi connectivity index (χ1v) is 11.3. The van der Waals surface area contributed by atoms with Gasteiger partial charge in [0, 0.05) is 32.1 Å². The van der Waals surface area contributed by atoms with Crippen LogP contribution in [-0.4, -0.2) is 59.0 Å². The van der Waals surface area contributed by atoms with Gasteiger partial charge in [0.05, 0.1) is 18.3 Å². The van der Waals surface area contributed by atoms with Gasteiger partial charge in [-0.25, -0.2) is 9.97 Å². The minimum atomic E-state index is -0.0347. The summed E-state index contributed by atoms with van der Waals surface area (Å²) in [4.78, 5) is 26.3. The number of nitrogens with zero attached hydrogens (tertiary/aromatic N) is 4. The Bertz CT molecular complexity index is 932. The van der Waals surface area contributed by atoms with Crippen molar-refractivity contribution in [1.29, 1.82) is 0 Å². The van der Waals surface area contributed by atoms with Crippen LogP contribution in [0.4, 0.5) is 5.82 Å². The second-order valence-corrected chi connectivity index (χ2v) is 8.61. The molecule has 7 heteroatoms. The molecule has 3 heterocycles. The maximum absolute atomic E-state index is 12.2. The van der Waals surface area contributed by atoms with Crippen molar-refractivity contribution >= 4 is 11.7 Å². The van der Waals surface area contributed by atoms with Crippen molar-refractivity contribution in [3.05, 3.63) is 46.9 Å². The van der Waals surface area contributed by atoms with E-state index in [1.807, 2.05) is 23.1 Å². The smallest absolute Gasteiger partial charge is 0.220 e. The minimum Gasteiger partial charge on any atom is -0.491 e. The van der Waals surface area contributed by atoms with Crippen molar-refractivity contribution in [2.75, 3.05) is 38.6 Å². The number of likely N-dealkylation sites (tertiary alicyclic amines) is 1. The number of fused-ring (bicyclic) bond motifs is 1. The summed E-state index contributed by atoms with van der Waals surface area (Å²) in [6.07, 6.45) is 3.99. The number of hydrogen-bond donors (Lipinski definition) is 1. The number of carbonyl (C=O) groups is 1. The van der Waals surface area contributed by atoms with E-state index in [1.165, 1.54) is 5.56 Å². The Kier molecular flexibility index (Phi) is 6.70. The van der Waals surface area contributed by atoms with Gasteiger partial charge in [0.1, 0.15) is 18.2 Å². The topological polar surface area (TPSA) is 70.6 Å². The van der Waals surface area contributed by atoms with Gasteiger partial charge in [0.15, 0.2) is 5.82 Å². The third-order valence-corrected chi connectivity index (χ3v) is 6.22. The van der Waals surface area contributed by atoms with Crippen LogP contribution in [0.5, 0.6) is 5.75 Å². The van der Waals surface area contributed by atoms with E-state index in [0.717, 1.165) is 74.0 Å². The fourth-order valence-electron chi connectivity index (χ4n) is 4.50. The van der Waals surface area contributed by atoms with E-state index in [1.54, 1.807) is 6.92 Å². The van der Waals surface area contributed by atoms with E-state index < -0.39 is 0 Å². The molecule has 0 aliphatic carbocycles. The number of benzene rings is 1. The van der Waals surface area contributed by atoms with E-state index in [0.29, 0.717) is 13.2 Å². The molecule has 0 spiro atoms. The number of hydrogen-bond acceptors (Lipinski definition) is 6. The SMILES string of the molecule is CC(=O)N1CCCC[C@H]1c1nc2c(c(NCCOc3ccccc3C)n1)CCN(C)C2. The number of amides is 1. The lowest BCUT2D eigenvalue weighted by Gasteiger charge is -2.35. The van der Waals surface area contributed by atoms with Gasteiger partial charge in [-0.05, 0) is 51.3 Å². The molecule has 1 N–H and O–H groups in total. The molecule has 0 saturated carbocycles. The molecule has 1 atom stereocenters. The van der Waals surface area contributed by atoms with Gasteiger partial charge in [0.2, 0.25) is 5.91 Å². The molecule has 0 unspecified atom stereocenters. The standard InChI is InChI=1S/C24H33N5O2/c1-17-8-4-5-10-22(17)31-15-12-25-23-19-11-14-28(3)16-20(19)26-24(27-23)21-9-6-7-13-29(21)18(2)30/h4-5,8,10,21H,6-7,9,11-16H2,1-3H3,(H,25,26,27)/t21-/m0/s1. The van der Waals surface area contributed by atoms with E-state index in [2.05, 4.69) is 30.3 Å². The van der Waals surface area contributed by atoms with Crippen molar-refractivity contribution in [2.45, 2.75) is 52.1 Å². The summed E-state index contributed by atoms with van der Waals surface area (Å²) < 4.78 is 5.95. The number of para-hydroxylation sites is 1. The van der Waals surface area contributed by atoms with E-state index in [4.69, 9.17) is 14.7 Å². The molecule has 2 aliphatic heterocycles. The molecule has 31 heavy (non-hydrogen) atoms. The molecule has 4 rings (SSSR count). The number of carbonyl (C=O) groups excluding carboxylic acids is 1. The molecular weight excluding hydrogens is 390 g/mol. The number of piperidine rings is 1. The van der Waals surface area contributed by atoms with Crippen LogP contribution in [0.15, 0.2) is 24.3 Å². The lowest BCUT2D eigenvalue weighted by molar-refractivity contribution is -0.132. The van der Waals surface area contributed by atoms with Crippen molar-refractivity contribution in [3.8, 4) is 5.75 Å². The molecule has 1 aromatic carbocycles. The Hall–Kier alpha value is -2.67. The van der Waals surface area contributed by atoms with Gasteiger partial charge in [-0.2, -0.15) is 0 Å². The highest BCUT2D eigenvalue weighted by molar-refractivity contribution is 5.73. The zero-order valence-corrected chi connectivity index (χ0v) is 18.9. The average molecular weight is 424 g/mol. The van der Waals surface area contributed by atoms with E-state index in [9.17, 15) is 4.79 Å². The van der Waals surface area contributed by atoms with Crippen LogP contribution in [-0.2, 0) is 17.8 Å². The lowest BCUT2D eigenvalue weighted by Crippen LogP contribution is -2.38. The van der Waals surface area contributed by atoms with Gasteiger partial charge in [-0.1, -0.05) is 18.2 Å². The van der Waals surface area contributed by atoms with Gasteiger partial charge < -0.3 is 19.9 Å². The molecule has 1 amide bonds. The third kappa shape index (κ3) is 4.98. The summed E-state index contributed by atoms with van der Waals surface area (Å²) in [5.41, 5.74) is 3.41. The zero-order chi connectivity index (χ0) is 21.8. The van der Waals surface area contributed by atoms with Crippen molar-refractivity contribution in [3.63, 3.8) is 0 Å². The molecular formula is C24H33N5O2. The molecule has 2 aliphatic rings. The van der Waals surface area contributed by atoms with Crippen molar-refractivity contribution in [2.24, 2.45) is 0 Å². The molecule has 1 fully saturated rings. The largest absolute Gasteiger partial charge is 0.491 e. The van der Waals surface area contributed by atoms with Gasteiger partial charge >= 0.3 is 0 Å². The van der Waals surface area contributed by atoms with Crippen LogP contribution < -0.4 is 10.1 Å². The second-order valence-electron chi connectivity index (χ2n) is 8.61. The van der Waals surface area contributed by atoms with E-state index >= 15 is 0 Å². The Morgan fingerprint density at radius 2 is 2.06 bits per heavy atom. The van der Waals surface area contributed by atoms with Crippen LogP contribution in [0.3, 0.4) is 0 Å². The minimum absolute atomic E-state index is 0.0347. The number of ether oxygens (including phenoxy) is 1. The van der Waals surface area contributed by atoms with Crippen LogP contribution >= 0.6 is 0 Å². The van der Waals surface area contributed by atoms with Crippen LogP contribution in [0.2, 0.25) is 0 Å². The zero-order valence-electron chi connectivity index (χ0n) is 18.9. The molecule has 1 saturated heterocycles. The normalized spacial score (nSPS) is 19.1. The fraction of sp³-hybridized carbons (Fsp3) is 0.542. The number of rotatable bonds is 6. The highest BCUT2D eigenvalue weighted by Crippen LogP contribution is 2.32. The molecule has 7 nitrogen and oxygen atoms in total. The van der Waals surface area contributed by atoms with Gasteiger partial charge in [0.25, 0.3) is 0 Å². The maximum Gasteiger partial charge on any atom is 0.220 e. The predicted octanol–water partition coefficient (Wildman–Crippen LogP) is 3.34. The summed E-state index contributed by atoms with van der Waals surface area (Å²) in [6.45, 7) is 7.51. The Morgan fingerprint density at radius 3 is 2.87 bits per heavy atom. The molecule has 166 valence electrons. The molecule has 0 bridgehead atoms. The number of anilines is 1. The maximum atomic E-state index is 12.2. The number of aromatic nitrogens is 2. The summed E-state index contributed by atoms with van der Waals surface area (Å²) in [6, 6.07) is 8.02. The summed E-state index contributed by atoms with van der Waals surface area (Å²) in [5, 5.41) is 3.50. The van der Waals surface area contributed by atoms with Crippen LogP contribution in [0, 0.1) is 6.92 Å². The van der Waals surface area contributed by atoms with Gasteiger partial charge in [-0.15, -0.1) is 0 Å². The number of likely N-dealkylation sites (N-methyl/N-ethyl adjacent to an activating group) is 1. The van der Waals surface area contributed by atoms with E-state index in [-0.39, 0.29) is 11.9 Å². The first-order chi connectivity index (χ1) is 15.0. The highest BCUT2D eigenvalue weighted by atomic mass is 16.5. The first kappa shape index (κ1) is 21.6. The number of nitrogens with one attached hydrogen (secondary N) is 1. The van der Waals surface area contributed by atoms with Crippen LogP contribution in [0.25, 0.3) is 0 Å².